The smallest absolute Gasteiger partial charge is 0.258 e. The quantitative estimate of drug-likeness (QED) is 0.324. The van der Waals surface area contributed by atoms with Crippen molar-refractivity contribution < 1.29 is 29.6 Å². The molecule has 2 aromatic carbocycles. The van der Waals surface area contributed by atoms with E-state index in [2.05, 4.69) is 5.32 Å². The van der Waals surface area contributed by atoms with Gasteiger partial charge in [0.15, 0.2) is 0 Å². The van der Waals surface area contributed by atoms with E-state index in [0.717, 1.165) is 11.1 Å². The molecule has 0 saturated carbocycles. The fraction of sp³-hybridized carbons (Fsp3) is 0.500. The predicted molar refractivity (Wildman–Crippen MR) is 129 cm³/mol. The zero-order valence-electron chi connectivity index (χ0n) is 20.6. The number of nitrogens with one attached hydrogen (secondary N) is 1. The van der Waals surface area contributed by atoms with E-state index < -0.39 is 12.0 Å². The molecule has 4 N–H and O–H groups in total. The molecule has 1 amide bonds. The van der Waals surface area contributed by atoms with Crippen LogP contribution in [0.15, 0.2) is 30.3 Å². The lowest BCUT2D eigenvalue weighted by atomic mass is 9.98. The van der Waals surface area contributed by atoms with Crippen LogP contribution in [-0.2, 0) is 17.8 Å². The van der Waals surface area contributed by atoms with Gasteiger partial charge in [-0.2, -0.15) is 0 Å². The van der Waals surface area contributed by atoms with E-state index in [0.29, 0.717) is 44.0 Å². The van der Waals surface area contributed by atoms with Gasteiger partial charge in [-0.1, -0.05) is 19.9 Å². The zero-order valence-corrected chi connectivity index (χ0v) is 20.6. The topological polar surface area (TPSA) is 111 Å². The molecule has 0 fully saturated rings. The maximum atomic E-state index is 13.1. The molecule has 1 aliphatic heterocycles. The van der Waals surface area contributed by atoms with Crippen molar-refractivity contribution in [2.45, 2.75) is 72.1 Å². The molecular weight excluding hydrogens is 436 g/mol. The van der Waals surface area contributed by atoms with Crippen molar-refractivity contribution in [3.8, 4) is 17.2 Å². The van der Waals surface area contributed by atoms with Gasteiger partial charge >= 0.3 is 0 Å². The SMILES string of the molecule is CC(C)c1cc(C(=O)N2Cc3ccc(OCCCNC(O)OC(C)(C)C)cc3C2)c(O)cc1O. The summed E-state index contributed by atoms with van der Waals surface area (Å²) in [7, 11) is 0. The maximum Gasteiger partial charge on any atom is 0.258 e. The first-order valence-corrected chi connectivity index (χ1v) is 11.6. The molecule has 1 unspecified atom stereocenters. The van der Waals surface area contributed by atoms with Crippen LogP contribution in [0.4, 0.5) is 0 Å². The Hall–Kier alpha value is -2.81. The number of aliphatic hydroxyl groups excluding tert-OH is 1. The third-order valence-corrected chi connectivity index (χ3v) is 5.56. The van der Waals surface area contributed by atoms with Crippen LogP contribution in [0.3, 0.4) is 0 Å². The number of hydrogen-bond donors (Lipinski definition) is 4. The molecule has 34 heavy (non-hydrogen) atoms. The Balaban J connectivity index is 1.54. The van der Waals surface area contributed by atoms with Gasteiger partial charge in [-0.3, -0.25) is 10.1 Å². The number of amides is 1. The Morgan fingerprint density at radius 3 is 2.47 bits per heavy atom. The van der Waals surface area contributed by atoms with Crippen molar-refractivity contribution in [2.24, 2.45) is 0 Å². The van der Waals surface area contributed by atoms with Gasteiger partial charge in [-0.25, -0.2) is 0 Å². The second-order valence-corrected chi connectivity index (χ2v) is 9.91. The second-order valence-electron chi connectivity index (χ2n) is 9.91. The molecule has 0 saturated heterocycles. The Morgan fingerprint density at radius 1 is 1.09 bits per heavy atom. The first-order valence-electron chi connectivity index (χ1n) is 11.6. The summed E-state index contributed by atoms with van der Waals surface area (Å²) in [6.07, 6.45) is -0.335. The zero-order chi connectivity index (χ0) is 25.0. The molecule has 0 radical (unpaired) electrons. The number of phenolic OH excluding ortho intramolecular Hbond substituents is 2. The first-order chi connectivity index (χ1) is 15.9. The molecule has 0 spiro atoms. The highest BCUT2D eigenvalue weighted by Gasteiger charge is 2.27. The van der Waals surface area contributed by atoms with Crippen LogP contribution < -0.4 is 10.1 Å². The molecular formula is C26H36N2O6. The van der Waals surface area contributed by atoms with Crippen molar-refractivity contribution in [3.63, 3.8) is 0 Å². The molecule has 1 heterocycles. The van der Waals surface area contributed by atoms with Gasteiger partial charge in [0.2, 0.25) is 6.41 Å². The molecule has 1 aliphatic rings. The van der Waals surface area contributed by atoms with E-state index in [1.165, 1.54) is 6.07 Å². The standard InChI is InChI=1S/C26H36N2O6/c1-16(2)20-12-21(23(30)13-22(20)29)24(31)28-14-17-7-8-19(11-18(17)15-28)33-10-6-9-27-25(32)34-26(3,4)5/h7-8,11-13,16,25,27,29-30,32H,6,9-10,14-15H2,1-5H3. The maximum absolute atomic E-state index is 13.1. The van der Waals surface area contributed by atoms with Crippen LogP contribution >= 0.6 is 0 Å². The van der Waals surface area contributed by atoms with Crippen LogP contribution in [0.1, 0.15) is 74.0 Å². The molecule has 1 atom stereocenters. The van der Waals surface area contributed by atoms with Gasteiger partial charge < -0.3 is 29.7 Å². The number of phenols is 2. The fourth-order valence-electron chi connectivity index (χ4n) is 3.87. The minimum atomic E-state index is -1.02. The third kappa shape index (κ3) is 6.62. The lowest BCUT2D eigenvalue weighted by molar-refractivity contribution is -0.181. The van der Waals surface area contributed by atoms with Crippen LogP contribution in [0.2, 0.25) is 0 Å². The number of fused-ring (bicyclic) bond motifs is 1. The van der Waals surface area contributed by atoms with Crippen LogP contribution in [0, 0.1) is 0 Å². The van der Waals surface area contributed by atoms with E-state index in [1.54, 1.807) is 11.0 Å². The number of hydrogen-bond acceptors (Lipinski definition) is 7. The highest BCUT2D eigenvalue weighted by molar-refractivity contribution is 5.97. The van der Waals surface area contributed by atoms with Crippen molar-refractivity contribution >= 4 is 5.91 Å². The average molecular weight is 473 g/mol. The summed E-state index contributed by atoms with van der Waals surface area (Å²) in [6, 6.07) is 8.58. The number of carbonyl (C=O) groups excluding carboxylic acids is 1. The van der Waals surface area contributed by atoms with E-state index in [-0.39, 0.29) is 28.9 Å². The van der Waals surface area contributed by atoms with Gasteiger partial charge in [-0.05, 0) is 68.0 Å². The van der Waals surface area contributed by atoms with Crippen molar-refractivity contribution in [1.29, 1.82) is 0 Å². The number of nitrogens with zero attached hydrogens (tertiary/aromatic N) is 1. The van der Waals surface area contributed by atoms with E-state index in [9.17, 15) is 20.1 Å². The lowest BCUT2D eigenvalue weighted by Gasteiger charge is -2.24. The summed E-state index contributed by atoms with van der Waals surface area (Å²) in [5.41, 5.74) is 2.42. The molecule has 2 aromatic rings. The predicted octanol–water partition coefficient (Wildman–Crippen LogP) is 3.83. The van der Waals surface area contributed by atoms with Crippen molar-refractivity contribution in [2.75, 3.05) is 13.2 Å². The number of aliphatic hydroxyl groups is 1. The normalized spacial score (nSPS) is 14.4. The summed E-state index contributed by atoms with van der Waals surface area (Å²) < 4.78 is 11.2. The molecule has 0 aromatic heterocycles. The summed E-state index contributed by atoms with van der Waals surface area (Å²) >= 11 is 0. The summed E-state index contributed by atoms with van der Waals surface area (Å²) in [6.45, 7) is 11.3. The minimum absolute atomic E-state index is 0.0120. The Morgan fingerprint density at radius 2 is 1.79 bits per heavy atom. The van der Waals surface area contributed by atoms with E-state index in [1.807, 2.05) is 52.8 Å². The Bertz CT molecular complexity index is 1020. The summed E-state index contributed by atoms with van der Waals surface area (Å²) in [4.78, 5) is 14.8. The Kier molecular flexibility index (Phi) is 8.07. The third-order valence-electron chi connectivity index (χ3n) is 5.56. The van der Waals surface area contributed by atoms with Crippen LogP contribution in [0.5, 0.6) is 17.2 Å². The second kappa shape index (κ2) is 10.6. The highest BCUT2D eigenvalue weighted by Crippen LogP contribution is 2.35. The van der Waals surface area contributed by atoms with Gasteiger partial charge in [-0.15, -0.1) is 0 Å². The number of aromatic hydroxyl groups is 2. The number of ether oxygens (including phenoxy) is 2. The van der Waals surface area contributed by atoms with Gasteiger partial charge in [0, 0.05) is 25.7 Å². The summed E-state index contributed by atoms with van der Waals surface area (Å²) in [5.74, 6) is 0.224. The highest BCUT2D eigenvalue weighted by atomic mass is 16.6. The number of rotatable bonds is 9. The number of benzene rings is 2. The van der Waals surface area contributed by atoms with Crippen LogP contribution in [0.25, 0.3) is 0 Å². The van der Waals surface area contributed by atoms with E-state index >= 15 is 0 Å². The fourth-order valence-corrected chi connectivity index (χ4v) is 3.87. The van der Waals surface area contributed by atoms with Gasteiger partial charge in [0.1, 0.15) is 17.2 Å². The lowest BCUT2D eigenvalue weighted by Crippen LogP contribution is -2.38. The molecule has 8 heteroatoms. The van der Waals surface area contributed by atoms with E-state index in [4.69, 9.17) is 9.47 Å². The van der Waals surface area contributed by atoms with Gasteiger partial charge in [0.25, 0.3) is 5.91 Å². The molecule has 0 bridgehead atoms. The van der Waals surface area contributed by atoms with Crippen LogP contribution in [-0.4, -0.2) is 51.3 Å². The van der Waals surface area contributed by atoms with Crippen molar-refractivity contribution in [1.82, 2.24) is 10.2 Å². The molecule has 3 rings (SSSR count). The average Bonchev–Trinajstić information content (AvgIpc) is 3.15. The summed E-state index contributed by atoms with van der Waals surface area (Å²) in [5, 5.41) is 33.0. The Labute approximate surface area is 201 Å². The molecule has 8 nitrogen and oxygen atoms in total. The largest absolute Gasteiger partial charge is 0.508 e. The molecule has 186 valence electrons. The first kappa shape index (κ1) is 25.8. The molecule has 0 aliphatic carbocycles. The monoisotopic (exact) mass is 472 g/mol. The minimum Gasteiger partial charge on any atom is -0.508 e. The van der Waals surface area contributed by atoms with Gasteiger partial charge in [0.05, 0.1) is 17.8 Å². The van der Waals surface area contributed by atoms with Crippen molar-refractivity contribution in [3.05, 3.63) is 52.6 Å². The number of carbonyl (C=O) groups is 1.